The van der Waals surface area contributed by atoms with E-state index < -0.39 is 5.60 Å². The molecule has 0 aromatic rings. The normalized spacial score (nSPS) is 33.9. The molecule has 2 aliphatic rings. The summed E-state index contributed by atoms with van der Waals surface area (Å²) in [6, 6.07) is 0.220. The van der Waals surface area contributed by atoms with Gasteiger partial charge in [0.25, 0.3) is 0 Å². The number of carbonyl (C=O) groups excluding carboxylic acids is 1. The number of fused-ring (bicyclic) bond motifs is 1. The van der Waals surface area contributed by atoms with Crippen LogP contribution in [-0.4, -0.2) is 40.9 Å². The van der Waals surface area contributed by atoms with Crippen molar-refractivity contribution < 1.29 is 14.6 Å². The molecule has 1 saturated carbocycles. The lowest BCUT2D eigenvalue weighted by Crippen LogP contribution is -2.36. The number of likely N-dealkylation sites (tertiary alicyclic amines) is 1. The Balaban J connectivity index is 1.95. The van der Waals surface area contributed by atoms with E-state index in [4.69, 9.17) is 4.74 Å². The predicted molar refractivity (Wildman–Crippen MR) is 55.5 cm³/mol. The summed E-state index contributed by atoms with van der Waals surface area (Å²) in [5.41, 5.74) is -0.423. The molecular formula is C11H19NO3. The monoisotopic (exact) mass is 213 g/mol. The molecule has 1 aliphatic heterocycles. The number of rotatable bonds is 1. The van der Waals surface area contributed by atoms with Gasteiger partial charge in [-0.05, 0) is 33.6 Å². The Kier molecular flexibility index (Phi) is 2.23. The summed E-state index contributed by atoms with van der Waals surface area (Å²) in [4.78, 5) is 13.5. The standard InChI is InChI=1S/C11H19NO3/c1-10(2,3)15-9(14)12-5-4-11(7-13)6-8(11)12/h8,13H,4-7H2,1-3H3/t8-,11-/m0/s1. The van der Waals surface area contributed by atoms with Gasteiger partial charge in [0, 0.05) is 18.0 Å². The van der Waals surface area contributed by atoms with E-state index in [1.807, 2.05) is 20.8 Å². The fourth-order valence-electron chi connectivity index (χ4n) is 2.32. The SMILES string of the molecule is CC(C)(C)OC(=O)N1CC[C@@]2(CO)C[C@H]12. The van der Waals surface area contributed by atoms with Gasteiger partial charge < -0.3 is 14.7 Å². The van der Waals surface area contributed by atoms with Crippen molar-refractivity contribution in [2.75, 3.05) is 13.2 Å². The lowest BCUT2D eigenvalue weighted by Gasteiger charge is -2.25. The first kappa shape index (κ1) is 10.7. The van der Waals surface area contributed by atoms with E-state index >= 15 is 0 Å². The summed E-state index contributed by atoms with van der Waals surface area (Å²) >= 11 is 0. The van der Waals surface area contributed by atoms with Gasteiger partial charge in [-0.2, -0.15) is 0 Å². The van der Waals surface area contributed by atoms with Crippen molar-refractivity contribution in [1.82, 2.24) is 4.90 Å². The molecule has 0 bridgehead atoms. The minimum absolute atomic E-state index is 0.0108. The number of nitrogens with zero attached hydrogens (tertiary/aromatic N) is 1. The van der Waals surface area contributed by atoms with Crippen LogP contribution in [0.1, 0.15) is 33.6 Å². The largest absolute Gasteiger partial charge is 0.444 e. The molecule has 1 aliphatic carbocycles. The maximum Gasteiger partial charge on any atom is 0.410 e. The molecule has 0 unspecified atom stereocenters. The first-order valence-electron chi connectivity index (χ1n) is 5.48. The molecule has 15 heavy (non-hydrogen) atoms. The van der Waals surface area contributed by atoms with E-state index in [-0.39, 0.29) is 24.2 Å². The number of hydrogen-bond acceptors (Lipinski definition) is 3. The van der Waals surface area contributed by atoms with Crippen molar-refractivity contribution in [2.45, 2.75) is 45.3 Å². The summed E-state index contributed by atoms with van der Waals surface area (Å²) in [7, 11) is 0. The van der Waals surface area contributed by atoms with Gasteiger partial charge in [0.1, 0.15) is 5.60 Å². The fourth-order valence-corrected chi connectivity index (χ4v) is 2.32. The second-order valence-electron chi connectivity index (χ2n) is 5.66. The van der Waals surface area contributed by atoms with Crippen LogP contribution in [0, 0.1) is 5.41 Å². The first-order valence-corrected chi connectivity index (χ1v) is 5.48. The average molecular weight is 213 g/mol. The second kappa shape index (κ2) is 3.11. The highest BCUT2D eigenvalue weighted by atomic mass is 16.6. The molecule has 0 aromatic heterocycles. The van der Waals surface area contributed by atoms with E-state index in [0.717, 1.165) is 19.4 Å². The van der Waals surface area contributed by atoms with E-state index in [9.17, 15) is 9.90 Å². The minimum Gasteiger partial charge on any atom is -0.444 e. The first-order chi connectivity index (χ1) is 6.88. The average Bonchev–Trinajstić information content (AvgIpc) is 2.70. The van der Waals surface area contributed by atoms with Crippen LogP contribution in [0.25, 0.3) is 0 Å². The number of piperidine rings is 1. The Morgan fingerprint density at radius 3 is 2.67 bits per heavy atom. The summed E-state index contributed by atoms with van der Waals surface area (Å²) in [5, 5.41) is 9.22. The van der Waals surface area contributed by atoms with E-state index in [2.05, 4.69) is 0 Å². The van der Waals surface area contributed by atoms with Crippen LogP contribution < -0.4 is 0 Å². The number of aliphatic hydroxyl groups is 1. The molecule has 0 aromatic carbocycles. The minimum atomic E-state index is -0.434. The Hall–Kier alpha value is -0.770. The quantitative estimate of drug-likeness (QED) is 0.716. The maximum absolute atomic E-state index is 11.8. The third kappa shape index (κ3) is 1.83. The molecule has 4 heteroatoms. The van der Waals surface area contributed by atoms with Crippen molar-refractivity contribution in [3.63, 3.8) is 0 Å². The van der Waals surface area contributed by atoms with Crippen LogP contribution in [0.15, 0.2) is 0 Å². The van der Waals surface area contributed by atoms with E-state index in [0.29, 0.717) is 0 Å². The van der Waals surface area contributed by atoms with Crippen LogP contribution >= 0.6 is 0 Å². The third-order valence-corrected chi connectivity index (χ3v) is 3.32. The molecule has 86 valence electrons. The summed E-state index contributed by atoms with van der Waals surface area (Å²) in [5.74, 6) is 0. The lowest BCUT2D eigenvalue weighted by atomic mass is 10.1. The Bertz CT molecular complexity index is 284. The number of hydrogen-bond donors (Lipinski definition) is 1. The van der Waals surface area contributed by atoms with Gasteiger partial charge >= 0.3 is 6.09 Å². The molecule has 1 amide bonds. The van der Waals surface area contributed by atoms with Crippen LogP contribution in [0.5, 0.6) is 0 Å². The molecule has 4 nitrogen and oxygen atoms in total. The molecule has 0 radical (unpaired) electrons. The zero-order valence-corrected chi connectivity index (χ0v) is 9.62. The summed E-state index contributed by atoms with van der Waals surface area (Å²) in [6.07, 6.45) is 1.61. The number of ether oxygens (including phenoxy) is 1. The summed E-state index contributed by atoms with van der Waals surface area (Å²) < 4.78 is 5.31. The van der Waals surface area contributed by atoms with Gasteiger partial charge in [-0.25, -0.2) is 4.79 Å². The van der Waals surface area contributed by atoms with Gasteiger partial charge in [-0.3, -0.25) is 0 Å². The predicted octanol–water partition coefficient (Wildman–Crippen LogP) is 1.38. The molecule has 1 N–H and O–H groups in total. The van der Waals surface area contributed by atoms with Gasteiger partial charge in [0.15, 0.2) is 0 Å². The van der Waals surface area contributed by atoms with Crippen molar-refractivity contribution in [3.8, 4) is 0 Å². The van der Waals surface area contributed by atoms with Gasteiger partial charge in [0.05, 0.1) is 6.61 Å². The Morgan fingerprint density at radius 2 is 2.27 bits per heavy atom. The van der Waals surface area contributed by atoms with Crippen LogP contribution in [0.4, 0.5) is 4.79 Å². The van der Waals surface area contributed by atoms with E-state index in [1.165, 1.54) is 0 Å². The Morgan fingerprint density at radius 1 is 1.60 bits per heavy atom. The number of amides is 1. The van der Waals surface area contributed by atoms with E-state index in [1.54, 1.807) is 4.90 Å². The highest BCUT2D eigenvalue weighted by Gasteiger charge is 2.62. The Labute approximate surface area is 90.2 Å². The zero-order valence-electron chi connectivity index (χ0n) is 9.62. The molecule has 2 rings (SSSR count). The maximum atomic E-state index is 11.8. The topological polar surface area (TPSA) is 49.8 Å². The van der Waals surface area contributed by atoms with Crippen LogP contribution in [-0.2, 0) is 4.74 Å². The van der Waals surface area contributed by atoms with Crippen LogP contribution in [0.3, 0.4) is 0 Å². The molecule has 1 heterocycles. The molecular weight excluding hydrogens is 194 g/mol. The van der Waals surface area contributed by atoms with Crippen molar-refractivity contribution in [1.29, 1.82) is 0 Å². The second-order valence-corrected chi connectivity index (χ2v) is 5.66. The smallest absolute Gasteiger partial charge is 0.410 e. The molecule has 0 spiro atoms. The van der Waals surface area contributed by atoms with Crippen molar-refractivity contribution >= 4 is 6.09 Å². The lowest BCUT2D eigenvalue weighted by molar-refractivity contribution is 0.0261. The molecule has 2 atom stereocenters. The zero-order chi connectivity index (χ0) is 11.3. The highest BCUT2D eigenvalue weighted by Crippen LogP contribution is 2.56. The van der Waals surface area contributed by atoms with Gasteiger partial charge in [-0.15, -0.1) is 0 Å². The highest BCUT2D eigenvalue weighted by molar-refractivity contribution is 5.70. The summed E-state index contributed by atoms with van der Waals surface area (Å²) in [6.45, 7) is 6.52. The molecule has 2 fully saturated rings. The van der Waals surface area contributed by atoms with Crippen LogP contribution in [0.2, 0.25) is 0 Å². The number of carbonyl (C=O) groups is 1. The third-order valence-electron chi connectivity index (χ3n) is 3.32. The van der Waals surface area contributed by atoms with Gasteiger partial charge in [-0.1, -0.05) is 0 Å². The number of aliphatic hydroxyl groups excluding tert-OH is 1. The van der Waals surface area contributed by atoms with Crippen molar-refractivity contribution in [2.24, 2.45) is 5.41 Å². The van der Waals surface area contributed by atoms with Crippen molar-refractivity contribution in [3.05, 3.63) is 0 Å². The van der Waals surface area contributed by atoms with Gasteiger partial charge in [0.2, 0.25) is 0 Å². The molecule has 1 saturated heterocycles. The fraction of sp³-hybridized carbons (Fsp3) is 0.909.